The quantitative estimate of drug-likeness (QED) is 0.293. The number of amides is 6. The summed E-state index contributed by atoms with van der Waals surface area (Å²) in [6.07, 6.45) is 1.46. The van der Waals surface area contributed by atoms with Crippen molar-refractivity contribution in [3.8, 4) is 0 Å². The molecule has 18 heteroatoms. The fraction of sp³-hybridized carbons (Fsp3) is 0.590. The van der Waals surface area contributed by atoms with E-state index in [0.717, 1.165) is 16.7 Å². The number of nitrogens with one attached hydrogen (secondary N) is 4. The van der Waals surface area contributed by atoms with Gasteiger partial charge in [0.25, 0.3) is 11.8 Å². The molecule has 3 fully saturated rings. The largest absolute Gasteiger partial charge is 0.444 e. The smallest absolute Gasteiger partial charge is 0.410 e. The number of ether oxygens (including phenoxy) is 3. The number of alkyl carbamates (subject to hydrolysis) is 1. The second kappa shape index (κ2) is 15.4. The minimum Gasteiger partial charge on any atom is -0.444 e. The third-order valence-electron chi connectivity index (χ3n) is 10.6. The maximum absolute atomic E-state index is 14.7. The first-order chi connectivity index (χ1) is 26.6. The number of benzene rings is 1. The summed E-state index contributed by atoms with van der Waals surface area (Å²) in [5.74, 6) is -3.87. The van der Waals surface area contributed by atoms with E-state index in [-0.39, 0.29) is 39.1 Å². The zero-order valence-corrected chi connectivity index (χ0v) is 33.9. The van der Waals surface area contributed by atoms with Crippen molar-refractivity contribution in [1.82, 2.24) is 30.5 Å². The SMILES string of the molecule is C=C[C@@H]1C[C@]1(NC(=O)[C@@H]1C[C@@H]2CN1C(=O)[C@H](C(C)(C)C)NC(=O)[C@@H](NC(=O)OC(C)(C)C)OC/C=C/c1cccc3c1CN(C3)C(=O)O2)C(=O)NS(=O)(=O)C1CC1. The molecule has 2 saturated carbocycles. The molecule has 4 bridgehead atoms. The Morgan fingerprint density at radius 2 is 1.79 bits per heavy atom. The van der Waals surface area contributed by atoms with E-state index >= 15 is 0 Å². The molecule has 0 radical (unpaired) electrons. The first kappa shape index (κ1) is 41.7. The van der Waals surface area contributed by atoms with Gasteiger partial charge < -0.3 is 29.7 Å². The number of rotatable bonds is 7. The Balaban J connectivity index is 1.32. The standard InChI is InChI=1S/C39H52N6O11S/c1-8-24-18-39(24,34(49)43-57(52,53)26-14-15-26)42-30(46)28-17-25-20-45(28)33(48)29(37(2,3)4)40-31(47)32(41-35(50)56-38(5,6)7)54-16-10-13-22-11-9-12-23-19-44(21-27(22)23)36(51)55-25/h8-13,24-26,28-29,32H,1,14-21H2,2-7H3,(H,40,47)(H,41,50)(H,42,46)(H,43,49)/b13-10+/t24-,25-,28+,29-,32+,39-/m1/s1. The van der Waals surface area contributed by atoms with Crippen molar-refractivity contribution in [2.45, 2.75) is 121 Å². The molecule has 3 aliphatic heterocycles. The highest BCUT2D eigenvalue weighted by Gasteiger charge is 2.62. The predicted octanol–water partition coefficient (Wildman–Crippen LogP) is 2.20. The maximum atomic E-state index is 14.7. The Kier molecular flexibility index (Phi) is 11.3. The Bertz CT molecular complexity index is 1980. The molecule has 1 saturated heterocycles. The lowest BCUT2D eigenvalue weighted by atomic mass is 9.85. The Morgan fingerprint density at radius 1 is 1.07 bits per heavy atom. The number of sulfonamides is 1. The summed E-state index contributed by atoms with van der Waals surface area (Å²) in [4.78, 5) is 85.7. The average molecular weight is 813 g/mol. The fourth-order valence-corrected chi connectivity index (χ4v) is 8.66. The van der Waals surface area contributed by atoms with Gasteiger partial charge in [0.1, 0.15) is 29.3 Å². The second-order valence-corrected chi connectivity index (χ2v) is 19.3. The summed E-state index contributed by atoms with van der Waals surface area (Å²) in [6, 6.07) is 2.98. The van der Waals surface area contributed by atoms with Crippen molar-refractivity contribution in [3.05, 3.63) is 53.6 Å². The van der Waals surface area contributed by atoms with Crippen LogP contribution in [0.2, 0.25) is 0 Å². The van der Waals surface area contributed by atoms with Crippen LogP contribution in [0.4, 0.5) is 9.59 Å². The van der Waals surface area contributed by atoms with Gasteiger partial charge in [-0.3, -0.25) is 34.1 Å². The molecular weight excluding hydrogens is 761 g/mol. The van der Waals surface area contributed by atoms with Crippen molar-refractivity contribution < 1.29 is 51.4 Å². The highest BCUT2D eigenvalue weighted by Crippen LogP contribution is 2.45. The van der Waals surface area contributed by atoms with Gasteiger partial charge in [-0.05, 0) is 62.1 Å². The molecule has 6 amide bonds. The van der Waals surface area contributed by atoms with Crippen LogP contribution in [-0.2, 0) is 56.5 Å². The van der Waals surface area contributed by atoms with E-state index in [1.165, 1.54) is 15.9 Å². The van der Waals surface area contributed by atoms with E-state index in [1.807, 2.05) is 18.2 Å². The summed E-state index contributed by atoms with van der Waals surface area (Å²) in [7, 11) is -3.96. The summed E-state index contributed by atoms with van der Waals surface area (Å²) in [5.41, 5.74) is -0.966. The van der Waals surface area contributed by atoms with Crippen LogP contribution in [0.25, 0.3) is 6.08 Å². The molecule has 6 atom stereocenters. The molecule has 4 N–H and O–H groups in total. The maximum Gasteiger partial charge on any atom is 0.410 e. The van der Waals surface area contributed by atoms with Gasteiger partial charge in [0, 0.05) is 18.9 Å². The number of hydrogen-bond acceptors (Lipinski definition) is 11. The molecule has 0 unspecified atom stereocenters. The van der Waals surface area contributed by atoms with Gasteiger partial charge in [-0.15, -0.1) is 6.58 Å². The van der Waals surface area contributed by atoms with Crippen LogP contribution in [-0.4, -0.2) is 108 Å². The van der Waals surface area contributed by atoms with Crippen LogP contribution in [0.15, 0.2) is 36.9 Å². The number of carbonyl (C=O) groups is 6. The van der Waals surface area contributed by atoms with Gasteiger partial charge in [-0.25, -0.2) is 18.0 Å². The summed E-state index contributed by atoms with van der Waals surface area (Å²) < 4.78 is 44.7. The number of hydrogen-bond donors (Lipinski definition) is 4. The van der Waals surface area contributed by atoms with Crippen LogP contribution >= 0.6 is 0 Å². The highest BCUT2D eigenvalue weighted by molar-refractivity contribution is 7.91. The van der Waals surface area contributed by atoms with Gasteiger partial charge in [0.2, 0.25) is 28.1 Å². The van der Waals surface area contributed by atoms with Crippen molar-refractivity contribution in [2.24, 2.45) is 11.3 Å². The third kappa shape index (κ3) is 9.27. The molecule has 17 nitrogen and oxygen atoms in total. The van der Waals surface area contributed by atoms with Crippen molar-refractivity contribution in [1.29, 1.82) is 0 Å². The zero-order chi connectivity index (χ0) is 41.7. The molecule has 3 heterocycles. The number of fused-ring (bicyclic) bond motifs is 3. The molecule has 310 valence electrons. The van der Waals surface area contributed by atoms with Crippen LogP contribution in [0.5, 0.6) is 0 Å². The third-order valence-corrected chi connectivity index (χ3v) is 12.4. The van der Waals surface area contributed by atoms with Gasteiger partial charge >= 0.3 is 12.2 Å². The van der Waals surface area contributed by atoms with E-state index in [1.54, 1.807) is 53.7 Å². The minimum absolute atomic E-state index is 0.0758. The Morgan fingerprint density at radius 3 is 2.42 bits per heavy atom. The van der Waals surface area contributed by atoms with Crippen molar-refractivity contribution >= 4 is 51.9 Å². The molecule has 1 aromatic carbocycles. The van der Waals surface area contributed by atoms with E-state index in [2.05, 4.69) is 27.3 Å². The first-order valence-corrected chi connectivity index (χ1v) is 20.6. The molecule has 6 rings (SSSR count). The molecule has 0 aromatic heterocycles. The van der Waals surface area contributed by atoms with Gasteiger partial charge in [0.05, 0.1) is 24.9 Å². The average Bonchev–Trinajstić information content (AvgIpc) is 4.00. The minimum atomic E-state index is -3.96. The molecule has 5 aliphatic rings. The lowest BCUT2D eigenvalue weighted by molar-refractivity contribution is -0.147. The molecule has 1 aromatic rings. The second-order valence-electron chi connectivity index (χ2n) is 17.3. The van der Waals surface area contributed by atoms with Crippen LogP contribution in [0, 0.1) is 11.3 Å². The number of carbonyl (C=O) groups excluding carboxylic acids is 6. The first-order valence-electron chi connectivity index (χ1n) is 19.1. The van der Waals surface area contributed by atoms with Gasteiger partial charge in [-0.1, -0.05) is 57.2 Å². The predicted molar refractivity (Wildman–Crippen MR) is 205 cm³/mol. The lowest BCUT2D eigenvalue weighted by Gasteiger charge is -2.36. The monoisotopic (exact) mass is 812 g/mol. The topological polar surface area (TPSA) is 219 Å². The molecular formula is C39H52N6O11S. The highest BCUT2D eigenvalue weighted by atomic mass is 32.2. The number of nitrogens with zero attached hydrogens (tertiary/aromatic N) is 2. The van der Waals surface area contributed by atoms with Gasteiger partial charge in [0.15, 0.2) is 0 Å². The van der Waals surface area contributed by atoms with Crippen molar-refractivity contribution in [2.75, 3.05) is 13.2 Å². The molecule has 2 aliphatic carbocycles. The fourth-order valence-electron chi connectivity index (χ4n) is 7.30. The molecule has 57 heavy (non-hydrogen) atoms. The van der Waals surface area contributed by atoms with E-state index in [9.17, 15) is 37.2 Å². The van der Waals surface area contributed by atoms with Crippen LogP contribution < -0.4 is 20.7 Å². The lowest BCUT2D eigenvalue weighted by Crippen LogP contribution is -2.62. The van der Waals surface area contributed by atoms with E-state index in [0.29, 0.717) is 12.8 Å². The normalized spacial score (nSPS) is 28.6. The van der Waals surface area contributed by atoms with Crippen LogP contribution in [0.3, 0.4) is 0 Å². The Hall–Kier alpha value is -4.97. The van der Waals surface area contributed by atoms with Crippen LogP contribution in [0.1, 0.15) is 83.9 Å². The van der Waals surface area contributed by atoms with E-state index < -0.39 is 98.0 Å². The Labute approximate surface area is 332 Å². The summed E-state index contributed by atoms with van der Waals surface area (Å²) in [6.45, 7) is 13.9. The summed E-state index contributed by atoms with van der Waals surface area (Å²) >= 11 is 0. The zero-order valence-electron chi connectivity index (χ0n) is 33.1. The van der Waals surface area contributed by atoms with E-state index in [4.69, 9.17) is 14.2 Å². The van der Waals surface area contributed by atoms with Crippen molar-refractivity contribution in [3.63, 3.8) is 0 Å². The molecule has 0 spiro atoms. The summed E-state index contributed by atoms with van der Waals surface area (Å²) in [5, 5.41) is 7.18. The van der Waals surface area contributed by atoms with Gasteiger partial charge in [-0.2, -0.15) is 0 Å².